The highest BCUT2D eigenvalue weighted by Crippen LogP contribution is 2.33. The van der Waals surface area contributed by atoms with Crippen LogP contribution in [0.4, 0.5) is 17.6 Å². The molecule has 0 N–H and O–H groups in total. The lowest BCUT2D eigenvalue weighted by Gasteiger charge is -2.12. The van der Waals surface area contributed by atoms with E-state index in [1.54, 1.807) is 6.07 Å². The maximum Gasteiger partial charge on any atom is 0.573 e. The molecule has 0 fully saturated rings. The topological polar surface area (TPSA) is 44.2 Å². The third kappa shape index (κ3) is 4.08. The van der Waals surface area contributed by atoms with Crippen LogP contribution in [0.25, 0.3) is 22.6 Å². The number of hydrogen-bond acceptors (Lipinski definition) is 4. The zero-order chi connectivity index (χ0) is 18.7. The molecule has 4 nitrogen and oxygen atoms in total. The quantitative estimate of drug-likeness (QED) is 0.621. The number of aromatic nitrogens is 2. The van der Waals surface area contributed by atoms with E-state index in [4.69, 9.17) is 4.74 Å². The van der Waals surface area contributed by atoms with Crippen molar-refractivity contribution in [2.24, 2.45) is 0 Å². The van der Waals surface area contributed by atoms with Crippen molar-refractivity contribution >= 4 is 0 Å². The average Bonchev–Trinajstić information content (AvgIpc) is 2.60. The Morgan fingerprint density at radius 2 is 1.69 bits per heavy atom. The smallest absolute Gasteiger partial charge is 0.493 e. The Morgan fingerprint density at radius 3 is 2.35 bits per heavy atom. The van der Waals surface area contributed by atoms with E-state index in [1.165, 1.54) is 55.8 Å². The Bertz CT molecular complexity index is 912. The molecule has 0 saturated heterocycles. The first-order chi connectivity index (χ1) is 12.4. The first-order valence-electron chi connectivity index (χ1n) is 7.39. The molecule has 0 aliphatic rings. The van der Waals surface area contributed by atoms with Crippen LogP contribution in [0.3, 0.4) is 0 Å². The molecule has 2 aromatic carbocycles. The second-order valence-corrected chi connectivity index (χ2v) is 5.19. The number of alkyl halides is 3. The summed E-state index contributed by atoms with van der Waals surface area (Å²) in [7, 11) is 1.40. The van der Waals surface area contributed by atoms with Crippen LogP contribution in [-0.4, -0.2) is 23.4 Å². The maximum atomic E-state index is 13.1. The molecule has 0 aliphatic heterocycles. The predicted molar refractivity (Wildman–Crippen MR) is 86.1 cm³/mol. The van der Waals surface area contributed by atoms with E-state index in [-0.39, 0.29) is 23.0 Å². The van der Waals surface area contributed by atoms with Gasteiger partial charge in [0.2, 0.25) is 0 Å². The Hall–Kier alpha value is -3.16. The highest BCUT2D eigenvalue weighted by Gasteiger charge is 2.31. The lowest BCUT2D eigenvalue weighted by molar-refractivity contribution is -0.274. The van der Waals surface area contributed by atoms with Crippen molar-refractivity contribution in [3.8, 4) is 34.1 Å². The summed E-state index contributed by atoms with van der Waals surface area (Å²) in [6.07, 6.45) is -3.40. The van der Waals surface area contributed by atoms with E-state index >= 15 is 0 Å². The van der Waals surface area contributed by atoms with Crippen molar-refractivity contribution in [3.05, 3.63) is 60.5 Å². The molecule has 1 aromatic heterocycles. The van der Waals surface area contributed by atoms with Crippen LogP contribution in [0.5, 0.6) is 11.5 Å². The van der Waals surface area contributed by atoms with Gasteiger partial charge in [-0.25, -0.2) is 14.4 Å². The van der Waals surface area contributed by atoms with Crippen molar-refractivity contribution in [3.63, 3.8) is 0 Å². The van der Waals surface area contributed by atoms with Crippen LogP contribution in [0.2, 0.25) is 0 Å². The van der Waals surface area contributed by atoms with Crippen LogP contribution < -0.4 is 9.47 Å². The van der Waals surface area contributed by atoms with Gasteiger partial charge in [-0.2, -0.15) is 0 Å². The van der Waals surface area contributed by atoms with Gasteiger partial charge in [-0.15, -0.1) is 13.2 Å². The third-order valence-electron chi connectivity index (χ3n) is 3.42. The van der Waals surface area contributed by atoms with E-state index in [1.807, 2.05) is 0 Å². The van der Waals surface area contributed by atoms with Gasteiger partial charge in [-0.05, 0) is 36.4 Å². The highest BCUT2D eigenvalue weighted by atomic mass is 19.4. The standard InChI is InChI=1S/C18H12F4N2O2/c1-25-15-10-23-17(11-5-7-13(19)8-6-11)24-16(15)12-3-2-4-14(9-12)26-18(20,21)22/h2-10H,1H3. The van der Waals surface area contributed by atoms with Crippen LogP contribution in [0, 0.1) is 5.82 Å². The van der Waals surface area contributed by atoms with Gasteiger partial charge in [0.1, 0.15) is 17.3 Å². The molecule has 0 saturated carbocycles. The van der Waals surface area contributed by atoms with E-state index in [0.29, 0.717) is 11.1 Å². The number of rotatable bonds is 4. The summed E-state index contributed by atoms with van der Waals surface area (Å²) in [5.41, 5.74) is 1.20. The molecular formula is C18H12F4N2O2. The van der Waals surface area contributed by atoms with Gasteiger partial charge < -0.3 is 9.47 Å². The first-order valence-corrected chi connectivity index (χ1v) is 7.39. The minimum absolute atomic E-state index is 0.278. The molecule has 134 valence electrons. The normalized spacial score (nSPS) is 11.3. The molecule has 3 rings (SSSR count). The van der Waals surface area contributed by atoms with Crippen molar-refractivity contribution in [2.75, 3.05) is 7.11 Å². The minimum Gasteiger partial charge on any atom is -0.493 e. The molecule has 0 spiro atoms. The number of nitrogens with zero attached hydrogens (tertiary/aromatic N) is 2. The lowest BCUT2D eigenvalue weighted by Crippen LogP contribution is -2.17. The summed E-state index contributed by atoms with van der Waals surface area (Å²) in [6.45, 7) is 0. The van der Waals surface area contributed by atoms with Crippen LogP contribution in [0.15, 0.2) is 54.7 Å². The van der Waals surface area contributed by atoms with Crippen LogP contribution >= 0.6 is 0 Å². The Kier molecular flexibility index (Phi) is 4.75. The molecule has 3 aromatic rings. The SMILES string of the molecule is COc1cnc(-c2ccc(F)cc2)nc1-c1cccc(OC(F)(F)F)c1. The van der Waals surface area contributed by atoms with Crippen molar-refractivity contribution in [1.82, 2.24) is 9.97 Å². The number of halogens is 4. The number of methoxy groups -OCH3 is 1. The number of hydrogen-bond donors (Lipinski definition) is 0. The van der Waals surface area contributed by atoms with Gasteiger partial charge in [-0.3, -0.25) is 0 Å². The minimum atomic E-state index is -4.80. The van der Waals surface area contributed by atoms with Gasteiger partial charge in [0.05, 0.1) is 13.3 Å². The second-order valence-electron chi connectivity index (χ2n) is 5.19. The van der Waals surface area contributed by atoms with Gasteiger partial charge in [0.15, 0.2) is 11.6 Å². The largest absolute Gasteiger partial charge is 0.573 e. The van der Waals surface area contributed by atoms with Crippen LogP contribution in [0.1, 0.15) is 0 Å². The third-order valence-corrected chi connectivity index (χ3v) is 3.42. The van der Waals surface area contributed by atoms with Gasteiger partial charge in [-0.1, -0.05) is 12.1 Å². The molecule has 0 aliphatic carbocycles. The summed E-state index contributed by atoms with van der Waals surface area (Å²) in [6, 6.07) is 10.9. The second kappa shape index (κ2) is 6.99. The molecule has 8 heteroatoms. The molecular weight excluding hydrogens is 352 g/mol. The highest BCUT2D eigenvalue weighted by molar-refractivity contribution is 5.70. The molecule has 0 unspecified atom stereocenters. The Morgan fingerprint density at radius 1 is 0.962 bits per heavy atom. The Labute approximate surface area is 146 Å². The maximum absolute atomic E-state index is 13.1. The average molecular weight is 364 g/mol. The molecule has 1 heterocycles. The zero-order valence-corrected chi connectivity index (χ0v) is 13.4. The van der Waals surface area contributed by atoms with E-state index in [0.717, 1.165) is 0 Å². The van der Waals surface area contributed by atoms with Crippen molar-refractivity contribution in [1.29, 1.82) is 0 Å². The van der Waals surface area contributed by atoms with Crippen molar-refractivity contribution in [2.45, 2.75) is 6.36 Å². The summed E-state index contributed by atoms with van der Waals surface area (Å²) in [4.78, 5) is 8.50. The summed E-state index contributed by atoms with van der Waals surface area (Å²) >= 11 is 0. The van der Waals surface area contributed by atoms with Gasteiger partial charge in [0, 0.05) is 11.1 Å². The van der Waals surface area contributed by atoms with Gasteiger partial charge >= 0.3 is 6.36 Å². The van der Waals surface area contributed by atoms with Crippen LogP contribution in [-0.2, 0) is 0 Å². The Balaban J connectivity index is 2.04. The van der Waals surface area contributed by atoms with E-state index in [2.05, 4.69) is 14.7 Å². The first kappa shape index (κ1) is 17.7. The molecule has 0 atom stereocenters. The fourth-order valence-corrected chi connectivity index (χ4v) is 2.31. The molecule has 26 heavy (non-hydrogen) atoms. The molecule has 0 amide bonds. The number of ether oxygens (including phenoxy) is 2. The fourth-order valence-electron chi connectivity index (χ4n) is 2.31. The summed E-state index contributed by atoms with van der Waals surface area (Å²) in [5, 5.41) is 0. The zero-order valence-electron chi connectivity index (χ0n) is 13.4. The molecule has 0 bridgehead atoms. The predicted octanol–water partition coefficient (Wildman–Crippen LogP) is 4.86. The van der Waals surface area contributed by atoms with E-state index < -0.39 is 12.2 Å². The fraction of sp³-hybridized carbons (Fsp3) is 0.111. The van der Waals surface area contributed by atoms with E-state index in [9.17, 15) is 17.6 Å². The number of benzene rings is 2. The van der Waals surface area contributed by atoms with Gasteiger partial charge in [0.25, 0.3) is 0 Å². The summed E-state index contributed by atoms with van der Waals surface area (Å²) in [5.74, 6) is -0.221. The monoisotopic (exact) mass is 364 g/mol. The molecule has 0 radical (unpaired) electrons. The summed E-state index contributed by atoms with van der Waals surface area (Å²) < 4.78 is 59.5. The van der Waals surface area contributed by atoms with Crippen molar-refractivity contribution < 1.29 is 27.0 Å². The lowest BCUT2D eigenvalue weighted by atomic mass is 10.1.